The zero-order chi connectivity index (χ0) is 33.9. The second kappa shape index (κ2) is 14.6. The summed E-state index contributed by atoms with van der Waals surface area (Å²) in [6.07, 6.45) is 8.66. The third-order valence-corrected chi connectivity index (χ3v) is 9.87. The molecule has 0 atom stereocenters. The number of fused-ring (bicyclic) bond motifs is 3. The maximum Gasteiger partial charge on any atom is 0.307 e. The van der Waals surface area contributed by atoms with E-state index >= 15 is 0 Å². The van der Waals surface area contributed by atoms with Gasteiger partial charge in [0.05, 0.1) is 24.3 Å². The average Bonchev–Trinajstić information content (AvgIpc) is 3.03. The molecule has 5 nitrogen and oxygen atoms in total. The fourth-order valence-corrected chi connectivity index (χ4v) is 7.63. The molecule has 0 bridgehead atoms. The Morgan fingerprint density at radius 1 is 0.851 bits per heavy atom. The Bertz CT molecular complexity index is 1710. The smallest absolute Gasteiger partial charge is 0.307 e. The number of aryl methyl sites for hydroxylation is 1. The maximum atomic E-state index is 12.1. The summed E-state index contributed by atoms with van der Waals surface area (Å²) < 4.78 is 2.34. The third-order valence-electron chi connectivity index (χ3n) is 9.12. The summed E-state index contributed by atoms with van der Waals surface area (Å²) in [4.78, 5) is 12.1. The standard InChI is InChI=1S/C37H40N2O2S.C4H10O/c1-23-10-12-27(13-11-23)35-25(3)36-32-19-16-28(26-14-17-31(18-15-26)38-30-8-6-5-7-9-30)20-29(32)22-39(42-4)37(36)24(2)33(35)21-34(40)41;1-4(2,3)5/h10-20,30,38H,5-9,21-22H2,1-4H3,(H,40,41);5H,1-3H3. The minimum atomic E-state index is -0.803. The van der Waals surface area contributed by atoms with Crippen molar-refractivity contribution >= 4 is 29.3 Å². The molecule has 0 radical (unpaired) electrons. The molecule has 4 aromatic carbocycles. The number of carboxylic acid groups (broad SMARTS) is 1. The zero-order valence-corrected chi connectivity index (χ0v) is 29.9. The van der Waals surface area contributed by atoms with E-state index in [0.717, 1.165) is 40.0 Å². The molecule has 4 aromatic rings. The first-order chi connectivity index (χ1) is 22.3. The normalized spacial score (nSPS) is 14.5. The monoisotopic (exact) mass is 650 g/mol. The van der Waals surface area contributed by atoms with Gasteiger partial charge in [0.15, 0.2) is 0 Å². The molecule has 0 aromatic heterocycles. The van der Waals surface area contributed by atoms with Crippen LogP contribution in [0.5, 0.6) is 0 Å². The van der Waals surface area contributed by atoms with Crippen LogP contribution in [0.15, 0.2) is 66.7 Å². The molecule has 6 heteroatoms. The van der Waals surface area contributed by atoms with Gasteiger partial charge in [0, 0.05) is 23.5 Å². The Hall–Kier alpha value is -3.74. The molecule has 1 fully saturated rings. The van der Waals surface area contributed by atoms with Crippen molar-refractivity contribution in [3.8, 4) is 33.4 Å². The Labute approximate surface area is 285 Å². The highest BCUT2D eigenvalue weighted by Gasteiger charge is 2.30. The summed E-state index contributed by atoms with van der Waals surface area (Å²) in [5.41, 5.74) is 14.5. The Balaban J connectivity index is 0.000000807. The number of aliphatic hydroxyl groups is 1. The summed E-state index contributed by atoms with van der Waals surface area (Å²) in [6, 6.07) is 24.8. The van der Waals surface area contributed by atoms with Crippen LogP contribution in [0.3, 0.4) is 0 Å². The molecule has 3 N–H and O–H groups in total. The van der Waals surface area contributed by atoms with E-state index in [1.807, 2.05) is 0 Å². The molecule has 0 amide bonds. The van der Waals surface area contributed by atoms with Crippen LogP contribution < -0.4 is 9.62 Å². The molecule has 1 aliphatic carbocycles. The topological polar surface area (TPSA) is 72.8 Å². The van der Waals surface area contributed by atoms with E-state index in [1.165, 1.54) is 71.2 Å². The fraction of sp³-hybridized carbons (Fsp3) is 0.390. The van der Waals surface area contributed by atoms with E-state index in [9.17, 15) is 9.90 Å². The van der Waals surface area contributed by atoms with Crippen molar-refractivity contribution in [3.05, 3.63) is 94.5 Å². The van der Waals surface area contributed by atoms with Crippen molar-refractivity contribution in [2.75, 3.05) is 15.9 Å². The Morgan fingerprint density at radius 3 is 2.04 bits per heavy atom. The average molecular weight is 651 g/mol. The van der Waals surface area contributed by atoms with E-state index in [1.54, 1.807) is 32.7 Å². The van der Waals surface area contributed by atoms with Gasteiger partial charge in [-0.3, -0.25) is 4.79 Å². The molecule has 1 saturated carbocycles. The number of nitrogens with one attached hydrogen (secondary N) is 1. The highest BCUT2D eigenvalue weighted by Crippen LogP contribution is 2.50. The number of carbonyl (C=O) groups is 1. The molecule has 0 saturated heterocycles. The van der Waals surface area contributed by atoms with Gasteiger partial charge in [-0.25, -0.2) is 0 Å². The van der Waals surface area contributed by atoms with Crippen LogP contribution in [0, 0.1) is 20.8 Å². The highest BCUT2D eigenvalue weighted by atomic mass is 32.2. The molecular weight excluding hydrogens is 601 g/mol. The summed E-state index contributed by atoms with van der Waals surface area (Å²) in [5, 5.41) is 22.2. The second-order valence-electron chi connectivity index (χ2n) is 14.1. The van der Waals surface area contributed by atoms with Gasteiger partial charge in [-0.2, -0.15) is 0 Å². The lowest BCUT2D eigenvalue weighted by molar-refractivity contribution is -0.136. The van der Waals surface area contributed by atoms with Gasteiger partial charge in [-0.05, 0) is 123 Å². The first-order valence-corrected chi connectivity index (χ1v) is 18.0. The van der Waals surface area contributed by atoms with Crippen LogP contribution in [0.25, 0.3) is 33.4 Å². The van der Waals surface area contributed by atoms with Gasteiger partial charge in [-0.1, -0.05) is 85.3 Å². The number of aliphatic carboxylic acids is 1. The minimum Gasteiger partial charge on any atom is -0.481 e. The largest absolute Gasteiger partial charge is 0.481 e. The van der Waals surface area contributed by atoms with Crippen molar-refractivity contribution < 1.29 is 15.0 Å². The summed E-state index contributed by atoms with van der Waals surface area (Å²) in [5.74, 6) is -0.803. The molecule has 1 heterocycles. The van der Waals surface area contributed by atoms with Gasteiger partial charge in [0.2, 0.25) is 0 Å². The van der Waals surface area contributed by atoms with Crippen LogP contribution in [0.4, 0.5) is 11.4 Å². The summed E-state index contributed by atoms with van der Waals surface area (Å²) in [6.45, 7) is 12.3. The number of anilines is 2. The van der Waals surface area contributed by atoms with Gasteiger partial charge in [-0.15, -0.1) is 0 Å². The van der Waals surface area contributed by atoms with Crippen LogP contribution >= 0.6 is 11.9 Å². The van der Waals surface area contributed by atoms with Crippen molar-refractivity contribution in [1.29, 1.82) is 0 Å². The number of hydrogen-bond acceptors (Lipinski definition) is 5. The molecule has 0 spiro atoms. The van der Waals surface area contributed by atoms with E-state index in [0.29, 0.717) is 6.04 Å². The Morgan fingerprint density at radius 2 is 1.45 bits per heavy atom. The van der Waals surface area contributed by atoms with Crippen LogP contribution in [-0.2, 0) is 17.8 Å². The van der Waals surface area contributed by atoms with Gasteiger partial charge < -0.3 is 19.8 Å². The van der Waals surface area contributed by atoms with Gasteiger partial charge >= 0.3 is 5.97 Å². The molecule has 6 rings (SSSR count). The fourth-order valence-electron chi connectivity index (χ4n) is 6.95. The van der Waals surface area contributed by atoms with E-state index in [2.05, 4.69) is 103 Å². The lowest BCUT2D eigenvalue weighted by atomic mass is 9.80. The molecule has 47 heavy (non-hydrogen) atoms. The van der Waals surface area contributed by atoms with Crippen molar-refractivity contribution in [1.82, 2.24) is 0 Å². The van der Waals surface area contributed by atoms with Crippen LogP contribution in [-0.4, -0.2) is 34.1 Å². The molecule has 0 unspecified atom stereocenters. The van der Waals surface area contributed by atoms with Crippen molar-refractivity contribution in [2.24, 2.45) is 0 Å². The first-order valence-electron chi connectivity index (χ1n) is 16.8. The SMILES string of the molecule is CC(C)(C)O.CSN1Cc2cc(-c3ccc(NC4CCCCC4)cc3)ccc2-c2c(C)c(-c3ccc(C)cc3)c(CC(=O)O)c(C)c21. The number of benzene rings is 4. The highest BCUT2D eigenvalue weighted by molar-refractivity contribution is 7.99. The molecule has 2 aliphatic rings. The zero-order valence-electron chi connectivity index (χ0n) is 29.0. The van der Waals surface area contributed by atoms with E-state index in [-0.39, 0.29) is 6.42 Å². The lowest BCUT2D eigenvalue weighted by Gasteiger charge is -2.36. The lowest BCUT2D eigenvalue weighted by Crippen LogP contribution is -2.22. The Kier molecular flexibility index (Phi) is 10.7. The predicted octanol–water partition coefficient (Wildman–Crippen LogP) is 10.4. The first kappa shape index (κ1) is 34.6. The number of hydrogen-bond donors (Lipinski definition) is 3. The maximum absolute atomic E-state index is 12.1. The molecule has 248 valence electrons. The summed E-state index contributed by atoms with van der Waals surface area (Å²) >= 11 is 1.70. The number of rotatable bonds is 7. The van der Waals surface area contributed by atoms with E-state index < -0.39 is 11.6 Å². The predicted molar refractivity (Wildman–Crippen MR) is 200 cm³/mol. The van der Waals surface area contributed by atoms with Gasteiger partial charge in [0.25, 0.3) is 0 Å². The van der Waals surface area contributed by atoms with Crippen molar-refractivity contribution in [3.63, 3.8) is 0 Å². The number of nitrogens with zero attached hydrogens (tertiary/aromatic N) is 1. The number of carboxylic acids is 1. The van der Waals surface area contributed by atoms with Gasteiger partial charge in [0.1, 0.15) is 0 Å². The minimum absolute atomic E-state index is 0.00276. The van der Waals surface area contributed by atoms with E-state index in [4.69, 9.17) is 5.11 Å². The van der Waals surface area contributed by atoms with Crippen LogP contribution in [0.2, 0.25) is 0 Å². The molecular formula is C41H50N2O3S. The molecule has 1 aliphatic heterocycles. The summed E-state index contributed by atoms with van der Waals surface area (Å²) in [7, 11) is 0. The van der Waals surface area contributed by atoms with Crippen LogP contribution in [0.1, 0.15) is 80.7 Å². The third kappa shape index (κ3) is 8.22. The quantitative estimate of drug-likeness (QED) is 0.173. The second-order valence-corrected chi connectivity index (χ2v) is 14.9. The van der Waals surface area contributed by atoms with Crippen molar-refractivity contribution in [2.45, 2.75) is 98.3 Å².